The maximum Gasteiger partial charge on any atom is 0.494 e. The summed E-state index contributed by atoms with van der Waals surface area (Å²) in [6.45, 7) is 16.2. The predicted octanol–water partition coefficient (Wildman–Crippen LogP) is 3.93. The molecule has 7 nitrogen and oxygen atoms in total. The van der Waals surface area contributed by atoms with Crippen molar-refractivity contribution in [3.63, 3.8) is 0 Å². The summed E-state index contributed by atoms with van der Waals surface area (Å²) in [7, 11) is -0.870. The predicted molar refractivity (Wildman–Crippen MR) is 137 cm³/mol. The highest BCUT2D eigenvalue weighted by Gasteiger charge is 2.52. The zero-order valence-corrected chi connectivity index (χ0v) is 21.3. The third kappa shape index (κ3) is 4.75. The van der Waals surface area contributed by atoms with Crippen LogP contribution in [-0.2, 0) is 18.6 Å². The molecule has 0 bridgehead atoms. The van der Waals surface area contributed by atoms with E-state index in [0.29, 0.717) is 11.4 Å². The Morgan fingerprint density at radius 1 is 0.559 bits per heavy atom. The third-order valence-electron chi connectivity index (χ3n) is 7.39. The van der Waals surface area contributed by atoms with E-state index in [1.54, 1.807) is 0 Å². The van der Waals surface area contributed by atoms with E-state index in [1.165, 1.54) is 0 Å². The molecule has 0 atom stereocenters. The fourth-order valence-electron chi connectivity index (χ4n) is 3.70. The van der Waals surface area contributed by atoms with Gasteiger partial charge in [-0.2, -0.15) is 0 Å². The van der Waals surface area contributed by atoms with Crippen LogP contribution in [0.1, 0.15) is 55.4 Å². The van der Waals surface area contributed by atoms with Crippen molar-refractivity contribution in [3.05, 3.63) is 48.5 Å². The van der Waals surface area contributed by atoms with Crippen LogP contribution >= 0.6 is 0 Å². The monoisotopic (exact) mass is 464 g/mol. The van der Waals surface area contributed by atoms with Crippen molar-refractivity contribution in [2.75, 3.05) is 10.6 Å². The molecule has 0 aromatic heterocycles. The van der Waals surface area contributed by atoms with E-state index in [2.05, 4.69) is 10.6 Å². The van der Waals surface area contributed by atoms with Crippen LogP contribution in [0, 0.1) is 0 Å². The van der Waals surface area contributed by atoms with Gasteiger partial charge in [0.05, 0.1) is 22.4 Å². The molecule has 0 aliphatic carbocycles. The molecule has 2 amide bonds. The number of rotatable bonds is 4. The minimum atomic E-state index is -0.435. The van der Waals surface area contributed by atoms with Crippen LogP contribution in [0.5, 0.6) is 0 Å². The first-order valence-electron chi connectivity index (χ1n) is 11.7. The highest BCUT2D eigenvalue weighted by molar-refractivity contribution is 6.62. The minimum absolute atomic E-state index is 0.327. The molecule has 180 valence electrons. The molecule has 34 heavy (non-hydrogen) atoms. The minimum Gasteiger partial charge on any atom is -0.399 e. The fraction of sp³-hybridized carbons (Fsp3) is 0.480. The van der Waals surface area contributed by atoms with E-state index < -0.39 is 36.6 Å². The molecule has 2 aromatic carbocycles. The maximum atomic E-state index is 12.5. The van der Waals surface area contributed by atoms with Crippen LogP contribution in [-0.4, -0.2) is 42.7 Å². The van der Waals surface area contributed by atoms with Crippen molar-refractivity contribution in [2.45, 2.75) is 77.8 Å². The third-order valence-corrected chi connectivity index (χ3v) is 7.39. The van der Waals surface area contributed by atoms with E-state index in [0.717, 1.165) is 10.9 Å². The molecule has 2 aromatic rings. The number of carbonyl (C=O) groups is 1. The van der Waals surface area contributed by atoms with Crippen LogP contribution in [0.2, 0.25) is 0 Å². The smallest absolute Gasteiger partial charge is 0.399 e. The standard InChI is InChI=1S/C25H34B2N2O5/c1-22(2)23(3,4)32-26(31-22)17-9-13-19(14-10-17)28-21(30)29-20-15-11-18(12-16-20)27-33-24(5,6)25(7,8)34-27/h9-16H,1-8H3,(H2,28,29,30). The average Bonchev–Trinajstić information content (AvgIpc) is 3.08. The highest BCUT2D eigenvalue weighted by Crippen LogP contribution is 2.37. The lowest BCUT2D eigenvalue weighted by atomic mass is 9.79. The zero-order valence-electron chi connectivity index (χ0n) is 21.3. The highest BCUT2D eigenvalue weighted by atomic mass is 16.7. The summed E-state index contributed by atoms with van der Waals surface area (Å²) in [6.07, 6.45) is 0. The number of benzene rings is 2. The summed E-state index contributed by atoms with van der Waals surface area (Å²) < 4.78 is 24.3. The molecule has 2 heterocycles. The summed E-state index contributed by atoms with van der Waals surface area (Å²) in [5.74, 6) is 0. The van der Waals surface area contributed by atoms with Gasteiger partial charge < -0.3 is 29.3 Å². The lowest BCUT2D eigenvalue weighted by Crippen LogP contribution is -2.41. The molecule has 2 fully saturated rings. The SMILES string of the molecule is CC1(C)OB(c2ccc(NC(=O)Nc3ccc(B4OC(C)(C)C(C)(C)O4)cc3)cc2)OC1(C)C. The first kappa shape index (κ1) is 24.8. The second-order valence-corrected chi connectivity index (χ2v) is 11.0. The van der Waals surface area contributed by atoms with Crippen LogP contribution in [0.3, 0.4) is 0 Å². The molecule has 2 aliphatic heterocycles. The van der Waals surface area contributed by atoms with E-state index in [1.807, 2.05) is 104 Å². The molecule has 9 heteroatoms. The number of anilines is 2. The largest absolute Gasteiger partial charge is 0.494 e. The Labute approximate surface area is 203 Å². The van der Waals surface area contributed by atoms with Crippen LogP contribution < -0.4 is 21.6 Å². The van der Waals surface area contributed by atoms with Crippen molar-refractivity contribution in [2.24, 2.45) is 0 Å². The molecular formula is C25H34B2N2O5. The first-order valence-corrected chi connectivity index (χ1v) is 11.7. The fourth-order valence-corrected chi connectivity index (χ4v) is 3.70. The Morgan fingerprint density at radius 3 is 1.09 bits per heavy atom. The summed E-state index contributed by atoms with van der Waals surface area (Å²) in [6, 6.07) is 14.6. The average molecular weight is 464 g/mol. The Hall–Kier alpha value is -2.32. The van der Waals surface area contributed by atoms with Gasteiger partial charge in [0.25, 0.3) is 0 Å². The normalized spacial score (nSPS) is 22.0. The van der Waals surface area contributed by atoms with Crippen molar-refractivity contribution < 1.29 is 23.4 Å². The molecule has 2 N–H and O–H groups in total. The summed E-state index contributed by atoms with van der Waals surface area (Å²) in [4.78, 5) is 12.5. The van der Waals surface area contributed by atoms with Crippen molar-refractivity contribution >= 4 is 42.6 Å². The number of hydrogen-bond donors (Lipinski definition) is 2. The lowest BCUT2D eigenvalue weighted by molar-refractivity contribution is 0.00578. The van der Waals surface area contributed by atoms with E-state index in [-0.39, 0.29) is 6.03 Å². The van der Waals surface area contributed by atoms with Crippen molar-refractivity contribution in [1.29, 1.82) is 0 Å². The van der Waals surface area contributed by atoms with Crippen LogP contribution in [0.15, 0.2) is 48.5 Å². The second kappa shape index (κ2) is 8.41. The molecule has 0 radical (unpaired) electrons. The van der Waals surface area contributed by atoms with Gasteiger partial charge in [-0.15, -0.1) is 0 Å². The number of urea groups is 1. The summed E-state index contributed by atoms with van der Waals surface area (Å²) in [5, 5.41) is 5.70. The molecule has 0 unspecified atom stereocenters. The first-order chi connectivity index (χ1) is 15.7. The van der Waals surface area contributed by atoms with Gasteiger partial charge in [0.2, 0.25) is 0 Å². The van der Waals surface area contributed by atoms with Gasteiger partial charge >= 0.3 is 20.3 Å². The number of amides is 2. The lowest BCUT2D eigenvalue weighted by Gasteiger charge is -2.32. The number of hydrogen-bond acceptors (Lipinski definition) is 5. The van der Waals surface area contributed by atoms with Gasteiger partial charge in [-0.25, -0.2) is 4.79 Å². The van der Waals surface area contributed by atoms with Crippen LogP contribution in [0.4, 0.5) is 16.2 Å². The topological polar surface area (TPSA) is 78.1 Å². The summed E-state index contributed by atoms with van der Waals surface area (Å²) in [5.41, 5.74) is 1.57. The molecular weight excluding hydrogens is 430 g/mol. The Bertz CT molecular complexity index is 936. The van der Waals surface area contributed by atoms with Gasteiger partial charge in [0, 0.05) is 11.4 Å². The van der Waals surface area contributed by atoms with Gasteiger partial charge in [0.15, 0.2) is 0 Å². The Balaban J connectivity index is 1.33. The van der Waals surface area contributed by atoms with Gasteiger partial charge in [0.1, 0.15) is 0 Å². The van der Waals surface area contributed by atoms with Gasteiger partial charge in [-0.1, -0.05) is 24.3 Å². The van der Waals surface area contributed by atoms with Crippen molar-refractivity contribution in [3.8, 4) is 0 Å². The molecule has 0 spiro atoms. The molecule has 2 aliphatic rings. The van der Waals surface area contributed by atoms with Gasteiger partial charge in [-0.3, -0.25) is 0 Å². The van der Waals surface area contributed by atoms with Crippen LogP contribution in [0.25, 0.3) is 0 Å². The number of nitrogens with one attached hydrogen (secondary N) is 2. The molecule has 2 saturated heterocycles. The maximum absolute atomic E-state index is 12.5. The van der Waals surface area contributed by atoms with Gasteiger partial charge in [-0.05, 0) is 90.6 Å². The second-order valence-electron chi connectivity index (χ2n) is 11.0. The van der Waals surface area contributed by atoms with E-state index in [9.17, 15) is 4.79 Å². The Morgan fingerprint density at radius 2 is 0.824 bits per heavy atom. The van der Waals surface area contributed by atoms with Crippen molar-refractivity contribution in [1.82, 2.24) is 0 Å². The molecule has 0 saturated carbocycles. The zero-order chi connectivity index (χ0) is 24.9. The van der Waals surface area contributed by atoms with E-state index in [4.69, 9.17) is 18.6 Å². The van der Waals surface area contributed by atoms with E-state index >= 15 is 0 Å². The number of carbonyl (C=O) groups excluding carboxylic acids is 1. The Kier molecular flexibility index (Phi) is 6.13. The quantitative estimate of drug-likeness (QED) is 0.671. The summed E-state index contributed by atoms with van der Waals surface area (Å²) >= 11 is 0. The molecule has 4 rings (SSSR count).